The van der Waals surface area contributed by atoms with Gasteiger partial charge in [-0.05, 0) is 59.8 Å². The van der Waals surface area contributed by atoms with Gasteiger partial charge in [0.05, 0.1) is 11.4 Å². The fourth-order valence-electron chi connectivity index (χ4n) is 2.22. The van der Waals surface area contributed by atoms with Crippen LogP contribution in [0.15, 0.2) is 57.9 Å². The van der Waals surface area contributed by atoms with E-state index in [-0.39, 0.29) is 12.3 Å². The number of Topliss-reactive ketones (excluding diaryl/α,β-unsaturated/α-hetero) is 1. The number of carbonyl (C=O) groups is 3. The van der Waals surface area contributed by atoms with Gasteiger partial charge in [-0.25, -0.2) is 0 Å². The summed E-state index contributed by atoms with van der Waals surface area (Å²) in [6.45, 7) is -0.288. The lowest BCUT2D eigenvalue weighted by atomic mass is 10.1. The third kappa shape index (κ3) is 4.21. The number of nitrogens with zero attached hydrogens (tertiary/aromatic N) is 1. The smallest absolute Gasteiger partial charge is 0.292 e. The van der Waals surface area contributed by atoms with Gasteiger partial charge in [0, 0.05) is 15.1 Å². The summed E-state index contributed by atoms with van der Waals surface area (Å²) < 4.78 is 0.923. The zero-order valence-electron chi connectivity index (χ0n) is 12.7. The van der Waals surface area contributed by atoms with Crippen LogP contribution in [0.2, 0.25) is 5.02 Å². The lowest BCUT2D eigenvalue weighted by Gasteiger charge is -2.11. The van der Waals surface area contributed by atoms with Crippen molar-refractivity contribution < 1.29 is 14.4 Å². The quantitative estimate of drug-likeness (QED) is 0.499. The average Bonchev–Trinajstić information content (AvgIpc) is 2.85. The van der Waals surface area contributed by atoms with Crippen LogP contribution in [0, 0.1) is 0 Å². The fourth-order valence-corrected chi connectivity index (χ4v) is 3.45. The second kappa shape index (κ2) is 7.56. The summed E-state index contributed by atoms with van der Waals surface area (Å²) in [7, 11) is 0. The Morgan fingerprint density at radius 2 is 1.72 bits per heavy atom. The van der Waals surface area contributed by atoms with Crippen LogP contribution in [0.1, 0.15) is 15.9 Å². The number of hydrogen-bond donors (Lipinski definition) is 0. The maximum Gasteiger partial charge on any atom is 0.293 e. The Morgan fingerprint density at radius 3 is 2.36 bits per heavy atom. The first-order valence-electron chi connectivity index (χ1n) is 7.24. The normalized spacial score (nSPS) is 15.9. The molecule has 3 rings (SSSR count). The van der Waals surface area contributed by atoms with Gasteiger partial charge in [0.15, 0.2) is 5.78 Å². The SMILES string of the molecule is O=C(CN1C(=O)S/C(=C/c2ccc(Br)cc2)C1=O)c1ccc(Cl)cc1. The predicted octanol–water partition coefficient (Wildman–Crippen LogP) is 5.02. The van der Waals surface area contributed by atoms with E-state index >= 15 is 0 Å². The van der Waals surface area contributed by atoms with Crippen molar-refractivity contribution in [1.82, 2.24) is 4.90 Å². The predicted molar refractivity (Wildman–Crippen MR) is 103 cm³/mol. The zero-order chi connectivity index (χ0) is 18.0. The number of amides is 2. The Labute approximate surface area is 162 Å². The van der Waals surface area contributed by atoms with E-state index in [1.54, 1.807) is 30.3 Å². The highest BCUT2D eigenvalue weighted by atomic mass is 79.9. The average molecular weight is 437 g/mol. The van der Waals surface area contributed by atoms with Crippen LogP contribution in [-0.2, 0) is 4.79 Å². The molecule has 7 heteroatoms. The van der Waals surface area contributed by atoms with E-state index in [1.807, 2.05) is 24.3 Å². The summed E-state index contributed by atoms with van der Waals surface area (Å²) in [4.78, 5) is 38.1. The van der Waals surface area contributed by atoms with Crippen molar-refractivity contribution in [2.75, 3.05) is 6.54 Å². The van der Waals surface area contributed by atoms with Crippen molar-refractivity contribution in [2.45, 2.75) is 0 Å². The van der Waals surface area contributed by atoms with Gasteiger partial charge in [0.1, 0.15) is 0 Å². The Hall–Kier alpha value is -1.89. The molecule has 25 heavy (non-hydrogen) atoms. The number of carbonyl (C=O) groups excluding carboxylic acids is 3. The van der Waals surface area contributed by atoms with Gasteiger partial charge < -0.3 is 0 Å². The molecular formula is C18H11BrClNO3S. The monoisotopic (exact) mass is 435 g/mol. The first-order chi connectivity index (χ1) is 11.9. The number of imide groups is 1. The molecule has 126 valence electrons. The van der Waals surface area contributed by atoms with Gasteiger partial charge in [-0.2, -0.15) is 0 Å². The summed E-state index contributed by atoms with van der Waals surface area (Å²) in [6.07, 6.45) is 1.64. The number of benzene rings is 2. The summed E-state index contributed by atoms with van der Waals surface area (Å²) in [6, 6.07) is 13.7. The maximum absolute atomic E-state index is 12.4. The summed E-state index contributed by atoms with van der Waals surface area (Å²) in [5, 5.41) is 0.0656. The molecular weight excluding hydrogens is 426 g/mol. The van der Waals surface area contributed by atoms with Gasteiger partial charge in [0.2, 0.25) is 0 Å². The highest BCUT2D eigenvalue weighted by Gasteiger charge is 2.36. The van der Waals surface area contributed by atoms with Gasteiger partial charge in [-0.15, -0.1) is 0 Å². The molecule has 0 atom stereocenters. The first kappa shape index (κ1) is 17.9. The van der Waals surface area contributed by atoms with Gasteiger partial charge in [-0.1, -0.05) is 39.7 Å². The Balaban J connectivity index is 1.76. The van der Waals surface area contributed by atoms with E-state index in [4.69, 9.17) is 11.6 Å². The van der Waals surface area contributed by atoms with Crippen molar-refractivity contribution in [2.24, 2.45) is 0 Å². The highest BCUT2D eigenvalue weighted by molar-refractivity contribution is 9.10. The molecule has 4 nitrogen and oxygen atoms in total. The van der Waals surface area contributed by atoms with E-state index in [0.29, 0.717) is 15.5 Å². The number of ketones is 1. The largest absolute Gasteiger partial charge is 0.293 e. The molecule has 0 N–H and O–H groups in total. The molecule has 0 aromatic heterocycles. The van der Waals surface area contributed by atoms with Gasteiger partial charge in [0.25, 0.3) is 11.1 Å². The maximum atomic E-state index is 12.4. The van der Waals surface area contributed by atoms with Crippen molar-refractivity contribution >= 4 is 62.3 Å². The first-order valence-corrected chi connectivity index (χ1v) is 9.22. The van der Waals surface area contributed by atoms with Crippen LogP contribution in [0.25, 0.3) is 6.08 Å². The van der Waals surface area contributed by atoms with E-state index < -0.39 is 11.1 Å². The molecule has 2 aromatic rings. The van der Waals surface area contributed by atoms with E-state index in [2.05, 4.69) is 15.9 Å². The van der Waals surface area contributed by atoms with E-state index in [0.717, 1.165) is 26.7 Å². The zero-order valence-corrected chi connectivity index (χ0v) is 15.9. The second-order valence-corrected chi connectivity index (χ2v) is 7.59. The third-order valence-corrected chi connectivity index (χ3v) is 5.20. The number of rotatable bonds is 4. The van der Waals surface area contributed by atoms with Crippen molar-refractivity contribution in [3.05, 3.63) is 74.1 Å². The van der Waals surface area contributed by atoms with Crippen LogP contribution >= 0.6 is 39.3 Å². The number of thioether (sulfide) groups is 1. The molecule has 0 bridgehead atoms. The molecule has 1 heterocycles. The lowest BCUT2D eigenvalue weighted by Crippen LogP contribution is -2.33. The molecule has 0 unspecified atom stereocenters. The lowest BCUT2D eigenvalue weighted by molar-refractivity contribution is -0.122. The Morgan fingerprint density at radius 1 is 1.08 bits per heavy atom. The van der Waals surface area contributed by atoms with Gasteiger partial charge in [-0.3, -0.25) is 19.3 Å². The molecule has 0 spiro atoms. The molecule has 1 aliphatic heterocycles. The molecule has 2 aromatic carbocycles. The van der Waals surface area contributed by atoms with Crippen LogP contribution < -0.4 is 0 Å². The minimum Gasteiger partial charge on any atom is -0.292 e. The van der Waals surface area contributed by atoms with E-state index in [9.17, 15) is 14.4 Å². The highest BCUT2D eigenvalue weighted by Crippen LogP contribution is 2.32. The van der Waals surface area contributed by atoms with Crippen LogP contribution in [0.3, 0.4) is 0 Å². The van der Waals surface area contributed by atoms with Crippen LogP contribution in [0.5, 0.6) is 0 Å². The van der Waals surface area contributed by atoms with Crippen LogP contribution in [0.4, 0.5) is 4.79 Å². The van der Waals surface area contributed by atoms with Crippen LogP contribution in [-0.4, -0.2) is 28.4 Å². The second-order valence-electron chi connectivity index (χ2n) is 5.25. The molecule has 1 saturated heterocycles. The number of halogens is 2. The van der Waals surface area contributed by atoms with E-state index in [1.165, 1.54) is 0 Å². The summed E-state index contributed by atoms with van der Waals surface area (Å²) >= 11 is 9.97. The third-order valence-electron chi connectivity index (χ3n) is 3.51. The molecule has 0 saturated carbocycles. The summed E-state index contributed by atoms with van der Waals surface area (Å²) in [5.41, 5.74) is 1.21. The van der Waals surface area contributed by atoms with Crippen molar-refractivity contribution in [3.63, 3.8) is 0 Å². The molecule has 0 aliphatic carbocycles. The number of hydrogen-bond acceptors (Lipinski definition) is 4. The van der Waals surface area contributed by atoms with Gasteiger partial charge >= 0.3 is 0 Å². The fraction of sp³-hybridized carbons (Fsp3) is 0.0556. The minimum atomic E-state index is -0.458. The standard InChI is InChI=1S/C18H11BrClNO3S/c19-13-5-1-11(2-6-13)9-16-17(23)21(18(24)25-16)10-15(22)12-3-7-14(20)8-4-12/h1-9H,10H2/b16-9+. The molecule has 1 aliphatic rings. The summed E-state index contributed by atoms with van der Waals surface area (Å²) in [5.74, 6) is -0.774. The Bertz CT molecular complexity index is 878. The minimum absolute atomic E-state index is 0.288. The van der Waals surface area contributed by atoms with Crippen molar-refractivity contribution in [1.29, 1.82) is 0 Å². The molecule has 2 amide bonds. The Kier molecular flexibility index (Phi) is 5.42. The van der Waals surface area contributed by atoms with Crippen molar-refractivity contribution in [3.8, 4) is 0 Å². The molecule has 0 radical (unpaired) electrons. The molecule has 1 fully saturated rings. The topological polar surface area (TPSA) is 54.5 Å².